The second-order valence-corrected chi connectivity index (χ2v) is 2.29. The Hall–Kier alpha value is -1.35. The quantitative estimate of drug-likeness (QED) is 0.350. The molecule has 0 saturated heterocycles. The Kier molecular flexibility index (Phi) is 2.23. The van der Waals surface area contributed by atoms with Gasteiger partial charge in [0.25, 0.3) is 5.91 Å². The van der Waals surface area contributed by atoms with Gasteiger partial charge in [-0.2, -0.15) is 0 Å². The molecule has 0 spiro atoms. The molecular formula is C8H10N2O. The zero-order valence-electron chi connectivity index (χ0n) is 6.29. The third kappa shape index (κ3) is 1.56. The second kappa shape index (κ2) is 3.16. The van der Waals surface area contributed by atoms with Crippen LogP contribution in [0.1, 0.15) is 15.9 Å². The molecule has 0 saturated carbocycles. The Morgan fingerprint density at radius 1 is 1.45 bits per heavy atom. The number of hydrogen-bond acceptors (Lipinski definition) is 2. The summed E-state index contributed by atoms with van der Waals surface area (Å²) in [6.07, 6.45) is 0. The van der Waals surface area contributed by atoms with Crippen molar-refractivity contribution < 1.29 is 4.79 Å². The molecule has 3 nitrogen and oxygen atoms in total. The molecule has 1 aromatic carbocycles. The van der Waals surface area contributed by atoms with E-state index >= 15 is 0 Å². The third-order valence-electron chi connectivity index (χ3n) is 1.52. The van der Waals surface area contributed by atoms with Crippen LogP contribution in [0.2, 0.25) is 0 Å². The normalized spacial score (nSPS) is 9.27. The summed E-state index contributed by atoms with van der Waals surface area (Å²) in [5.41, 5.74) is 3.63. The number of benzene rings is 1. The third-order valence-corrected chi connectivity index (χ3v) is 1.52. The van der Waals surface area contributed by atoms with Crippen molar-refractivity contribution in [2.45, 2.75) is 6.92 Å². The molecule has 3 N–H and O–H groups in total. The summed E-state index contributed by atoms with van der Waals surface area (Å²) in [4.78, 5) is 11.0. The van der Waals surface area contributed by atoms with Gasteiger partial charge >= 0.3 is 0 Å². The van der Waals surface area contributed by atoms with Crippen LogP contribution in [0.4, 0.5) is 0 Å². The van der Waals surface area contributed by atoms with Crippen LogP contribution in [0.25, 0.3) is 0 Å². The molecule has 0 aliphatic rings. The molecule has 1 aromatic rings. The summed E-state index contributed by atoms with van der Waals surface area (Å²) in [5, 5.41) is 0. The number of hydrogen-bond donors (Lipinski definition) is 2. The minimum absolute atomic E-state index is 0.247. The van der Waals surface area contributed by atoms with E-state index in [1.807, 2.05) is 19.1 Å². The van der Waals surface area contributed by atoms with E-state index in [9.17, 15) is 4.79 Å². The lowest BCUT2D eigenvalue weighted by atomic mass is 10.1. The first-order valence-corrected chi connectivity index (χ1v) is 3.32. The van der Waals surface area contributed by atoms with Crippen molar-refractivity contribution in [2.75, 3.05) is 0 Å². The number of nitrogens with two attached hydrogens (primary N) is 1. The number of amides is 1. The van der Waals surface area contributed by atoms with Crippen LogP contribution in [0.5, 0.6) is 0 Å². The maximum absolute atomic E-state index is 11.0. The van der Waals surface area contributed by atoms with Gasteiger partial charge < -0.3 is 0 Å². The zero-order chi connectivity index (χ0) is 8.27. The maximum Gasteiger partial charge on any atom is 0.265 e. The highest BCUT2D eigenvalue weighted by molar-refractivity contribution is 5.95. The van der Waals surface area contributed by atoms with Crippen LogP contribution in [0.3, 0.4) is 0 Å². The summed E-state index contributed by atoms with van der Waals surface area (Å²) in [7, 11) is 0. The number of carbonyl (C=O) groups is 1. The summed E-state index contributed by atoms with van der Waals surface area (Å²) < 4.78 is 0. The van der Waals surface area contributed by atoms with E-state index in [1.165, 1.54) is 0 Å². The first-order chi connectivity index (χ1) is 5.25. The van der Waals surface area contributed by atoms with Gasteiger partial charge in [0.1, 0.15) is 0 Å². The minimum Gasteiger partial charge on any atom is -0.290 e. The second-order valence-electron chi connectivity index (χ2n) is 2.29. The fraction of sp³-hybridized carbons (Fsp3) is 0.125. The van der Waals surface area contributed by atoms with Gasteiger partial charge in [-0.25, -0.2) is 5.84 Å². The van der Waals surface area contributed by atoms with E-state index in [4.69, 9.17) is 5.84 Å². The first kappa shape index (κ1) is 7.75. The molecule has 0 atom stereocenters. The van der Waals surface area contributed by atoms with Gasteiger partial charge in [-0.3, -0.25) is 10.2 Å². The molecule has 0 unspecified atom stereocenters. The average Bonchev–Trinajstić information content (AvgIpc) is 2.04. The molecular weight excluding hydrogens is 140 g/mol. The highest BCUT2D eigenvalue weighted by Crippen LogP contribution is 2.05. The molecule has 0 aromatic heterocycles. The predicted molar refractivity (Wildman–Crippen MR) is 42.8 cm³/mol. The topological polar surface area (TPSA) is 55.1 Å². The lowest BCUT2D eigenvalue weighted by molar-refractivity contribution is 0.0953. The van der Waals surface area contributed by atoms with Crippen molar-refractivity contribution >= 4 is 5.91 Å². The smallest absolute Gasteiger partial charge is 0.265 e. The van der Waals surface area contributed by atoms with Crippen molar-refractivity contribution in [3.8, 4) is 0 Å². The molecule has 0 aliphatic carbocycles. The summed E-state index contributed by atoms with van der Waals surface area (Å²) in [6.45, 7) is 1.87. The van der Waals surface area contributed by atoms with E-state index in [1.54, 1.807) is 12.1 Å². The Bertz CT molecular complexity index is 271. The maximum atomic E-state index is 11.0. The van der Waals surface area contributed by atoms with Gasteiger partial charge in [-0.05, 0) is 18.6 Å². The molecule has 3 heteroatoms. The van der Waals surface area contributed by atoms with Crippen molar-refractivity contribution in [3.05, 3.63) is 35.4 Å². The zero-order valence-corrected chi connectivity index (χ0v) is 6.29. The lowest BCUT2D eigenvalue weighted by Gasteiger charge is -2.01. The molecule has 1 amide bonds. The van der Waals surface area contributed by atoms with Crippen molar-refractivity contribution in [1.29, 1.82) is 0 Å². The van der Waals surface area contributed by atoms with Crippen LogP contribution >= 0.6 is 0 Å². The molecule has 0 heterocycles. The number of carbonyl (C=O) groups excluding carboxylic acids is 1. The Morgan fingerprint density at radius 2 is 2.09 bits per heavy atom. The van der Waals surface area contributed by atoms with E-state index in [0.717, 1.165) is 5.56 Å². The van der Waals surface area contributed by atoms with Gasteiger partial charge in [0.2, 0.25) is 0 Å². The fourth-order valence-corrected chi connectivity index (χ4v) is 0.905. The molecule has 0 aliphatic heterocycles. The van der Waals surface area contributed by atoms with Crippen LogP contribution in [0, 0.1) is 6.92 Å². The van der Waals surface area contributed by atoms with Crippen molar-refractivity contribution in [2.24, 2.45) is 5.84 Å². The van der Waals surface area contributed by atoms with Crippen molar-refractivity contribution in [1.82, 2.24) is 5.43 Å². The van der Waals surface area contributed by atoms with Gasteiger partial charge in [-0.1, -0.05) is 18.2 Å². The summed E-state index contributed by atoms with van der Waals surface area (Å²) in [5.74, 6) is 4.73. The average molecular weight is 150 g/mol. The molecule has 11 heavy (non-hydrogen) atoms. The van der Waals surface area contributed by atoms with E-state index < -0.39 is 0 Å². The molecule has 58 valence electrons. The van der Waals surface area contributed by atoms with Crippen LogP contribution in [-0.2, 0) is 0 Å². The number of nitrogens with one attached hydrogen (secondary N) is 1. The van der Waals surface area contributed by atoms with Gasteiger partial charge in [-0.15, -0.1) is 0 Å². The van der Waals surface area contributed by atoms with Crippen LogP contribution in [-0.4, -0.2) is 5.91 Å². The van der Waals surface area contributed by atoms with E-state index in [0.29, 0.717) is 5.56 Å². The lowest BCUT2D eigenvalue weighted by Crippen LogP contribution is -2.30. The highest BCUT2D eigenvalue weighted by Gasteiger charge is 2.03. The SMILES string of the molecule is Cc1ccccc1C(=O)NN. The number of aryl methyl sites for hydroxylation is 1. The minimum atomic E-state index is -0.247. The van der Waals surface area contributed by atoms with Gasteiger partial charge in [0, 0.05) is 5.56 Å². The number of rotatable bonds is 1. The van der Waals surface area contributed by atoms with Gasteiger partial charge in [0.05, 0.1) is 0 Å². The van der Waals surface area contributed by atoms with Crippen LogP contribution < -0.4 is 11.3 Å². The van der Waals surface area contributed by atoms with Crippen LogP contribution in [0.15, 0.2) is 24.3 Å². The highest BCUT2D eigenvalue weighted by atomic mass is 16.2. The fourth-order valence-electron chi connectivity index (χ4n) is 0.905. The Balaban J connectivity index is 3.03. The standard InChI is InChI=1S/C8H10N2O/c1-6-4-2-3-5-7(6)8(11)10-9/h2-5H,9H2,1H3,(H,10,11). The number of nitrogen functional groups attached to an aromatic ring is 1. The number of hydrazine groups is 1. The molecule has 0 bridgehead atoms. The molecule has 0 fully saturated rings. The van der Waals surface area contributed by atoms with Crippen molar-refractivity contribution in [3.63, 3.8) is 0 Å². The largest absolute Gasteiger partial charge is 0.290 e. The first-order valence-electron chi connectivity index (χ1n) is 3.32. The summed E-state index contributed by atoms with van der Waals surface area (Å²) >= 11 is 0. The Labute approximate surface area is 65.2 Å². The van der Waals surface area contributed by atoms with Gasteiger partial charge in [0.15, 0.2) is 0 Å². The summed E-state index contributed by atoms with van der Waals surface area (Å²) in [6, 6.07) is 7.28. The van der Waals surface area contributed by atoms with E-state index in [2.05, 4.69) is 5.43 Å². The molecule has 1 rings (SSSR count). The Morgan fingerprint density at radius 3 is 2.64 bits per heavy atom. The molecule has 0 radical (unpaired) electrons. The van der Waals surface area contributed by atoms with E-state index in [-0.39, 0.29) is 5.91 Å². The monoisotopic (exact) mass is 150 g/mol. The predicted octanol–water partition coefficient (Wildman–Crippen LogP) is 0.599.